The number of aliphatic hydroxyl groups is 1. The Bertz CT molecular complexity index is 393. The summed E-state index contributed by atoms with van der Waals surface area (Å²) in [6.45, 7) is 0.672. The van der Waals surface area contributed by atoms with Crippen LogP contribution in [0, 0.1) is 0 Å². The topological polar surface area (TPSA) is 58.6 Å². The number of hydrogen-bond acceptors (Lipinski definition) is 4. The van der Waals surface area contributed by atoms with Crippen molar-refractivity contribution in [2.45, 2.75) is 25.2 Å². The Morgan fingerprint density at radius 3 is 2.76 bits per heavy atom. The van der Waals surface area contributed by atoms with Crippen molar-refractivity contribution in [3.63, 3.8) is 0 Å². The molecule has 1 aromatic rings. The van der Waals surface area contributed by atoms with E-state index in [1.54, 1.807) is 12.1 Å². The van der Waals surface area contributed by atoms with Crippen LogP contribution in [0.25, 0.3) is 0 Å². The second kappa shape index (κ2) is 5.49. The van der Waals surface area contributed by atoms with Gasteiger partial charge >= 0.3 is 5.97 Å². The average molecular weight is 256 g/mol. The molecule has 0 amide bonds. The molecule has 0 aromatic heterocycles. The number of halogens is 1. The first-order chi connectivity index (χ1) is 8.15. The Morgan fingerprint density at radius 1 is 1.47 bits per heavy atom. The van der Waals surface area contributed by atoms with Gasteiger partial charge in [0.05, 0.1) is 6.10 Å². The maximum absolute atomic E-state index is 11.6. The summed E-state index contributed by atoms with van der Waals surface area (Å²) in [5, 5.41) is 12.8. The van der Waals surface area contributed by atoms with Gasteiger partial charge in [-0.2, -0.15) is 0 Å². The molecule has 1 heterocycles. The monoisotopic (exact) mass is 255 g/mol. The van der Waals surface area contributed by atoms with Crippen LogP contribution in [0.4, 0.5) is 0 Å². The van der Waals surface area contributed by atoms with E-state index in [2.05, 4.69) is 5.32 Å². The van der Waals surface area contributed by atoms with Crippen molar-refractivity contribution >= 4 is 17.6 Å². The lowest BCUT2D eigenvalue weighted by Gasteiger charge is -2.10. The van der Waals surface area contributed by atoms with Crippen LogP contribution in [0.5, 0.6) is 0 Å². The molecule has 1 saturated heterocycles. The number of aliphatic hydroxyl groups excluding tert-OH is 1. The Morgan fingerprint density at radius 2 is 2.18 bits per heavy atom. The minimum atomic E-state index is -0.455. The standard InChI is InChI=1S/C12H14ClNO3/c13-9-3-1-8(2-4-9)7-17-12(16)11-5-10(15)6-14-11/h1-4,10-11,14-15H,5-7H2/t10-,11+/m1/s1. The minimum absolute atomic E-state index is 0.226. The molecule has 0 saturated carbocycles. The number of nitrogens with one attached hydrogen (secondary N) is 1. The molecule has 4 nitrogen and oxygen atoms in total. The maximum Gasteiger partial charge on any atom is 0.323 e. The zero-order valence-corrected chi connectivity index (χ0v) is 9.98. The van der Waals surface area contributed by atoms with Gasteiger partial charge in [-0.15, -0.1) is 0 Å². The first-order valence-electron chi connectivity index (χ1n) is 5.47. The SMILES string of the molecule is O=C(OCc1ccc(Cl)cc1)[C@@H]1C[C@@H](O)CN1. The van der Waals surface area contributed by atoms with Gasteiger partial charge in [0.2, 0.25) is 0 Å². The van der Waals surface area contributed by atoms with Crippen LogP contribution in [0.15, 0.2) is 24.3 Å². The fraction of sp³-hybridized carbons (Fsp3) is 0.417. The molecule has 1 aliphatic heterocycles. The molecule has 0 bridgehead atoms. The van der Waals surface area contributed by atoms with Crippen LogP contribution in [0.2, 0.25) is 5.02 Å². The molecular formula is C12H14ClNO3. The number of rotatable bonds is 3. The molecule has 2 atom stereocenters. The third kappa shape index (κ3) is 3.43. The lowest BCUT2D eigenvalue weighted by molar-refractivity contribution is -0.147. The molecule has 0 unspecified atom stereocenters. The molecule has 92 valence electrons. The van der Waals surface area contributed by atoms with E-state index in [-0.39, 0.29) is 12.6 Å². The highest BCUT2D eigenvalue weighted by Crippen LogP contribution is 2.12. The lowest BCUT2D eigenvalue weighted by atomic mass is 10.2. The molecule has 0 radical (unpaired) electrons. The summed E-state index contributed by atoms with van der Waals surface area (Å²) >= 11 is 5.75. The molecule has 1 fully saturated rings. The van der Waals surface area contributed by atoms with Gasteiger partial charge < -0.3 is 15.2 Å². The van der Waals surface area contributed by atoms with Crippen LogP contribution in [-0.4, -0.2) is 29.8 Å². The summed E-state index contributed by atoms with van der Waals surface area (Å²) in [6, 6.07) is 6.74. The largest absolute Gasteiger partial charge is 0.460 e. The predicted octanol–water partition coefficient (Wildman–Crippen LogP) is 1.11. The summed E-state index contributed by atoms with van der Waals surface area (Å²) in [5.41, 5.74) is 0.890. The van der Waals surface area contributed by atoms with Gasteiger partial charge in [0.25, 0.3) is 0 Å². The number of esters is 1. The molecule has 0 aliphatic carbocycles. The highest BCUT2D eigenvalue weighted by molar-refractivity contribution is 6.30. The van der Waals surface area contributed by atoms with E-state index >= 15 is 0 Å². The third-order valence-electron chi connectivity index (χ3n) is 2.69. The smallest absolute Gasteiger partial charge is 0.323 e. The molecule has 1 aromatic carbocycles. The van der Waals surface area contributed by atoms with Gasteiger partial charge in [0.15, 0.2) is 0 Å². The Balaban J connectivity index is 1.82. The molecule has 2 N–H and O–H groups in total. The average Bonchev–Trinajstić information content (AvgIpc) is 2.75. The number of carbonyl (C=O) groups is 1. The van der Waals surface area contributed by atoms with Gasteiger partial charge in [-0.05, 0) is 17.7 Å². The maximum atomic E-state index is 11.6. The molecule has 17 heavy (non-hydrogen) atoms. The zero-order chi connectivity index (χ0) is 12.3. The first kappa shape index (κ1) is 12.4. The quantitative estimate of drug-likeness (QED) is 0.795. The Labute approximate surface area is 105 Å². The van der Waals surface area contributed by atoms with Gasteiger partial charge in [-0.25, -0.2) is 0 Å². The minimum Gasteiger partial charge on any atom is -0.460 e. The Hall–Kier alpha value is -1.10. The second-order valence-electron chi connectivity index (χ2n) is 4.08. The second-order valence-corrected chi connectivity index (χ2v) is 4.52. The van der Waals surface area contributed by atoms with E-state index < -0.39 is 12.1 Å². The van der Waals surface area contributed by atoms with Crippen molar-refractivity contribution in [3.8, 4) is 0 Å². The molecule has 5 heteroatoms. The number of hydrogen-bond donors (Lipinski definition) is 2. The van der Waals surface area contributed by atoms with Crippen molar-refractivity contribution in [3.05, 3.63) is 34.9 Å². The van der Waals surface area contributed by atoms with Crippen LogP contribution in [0.3, 0.4) is 0 Å². The van der Waals surface area contributed by atoms with Gasteiger partial charge in [-0.1, -0.05) is 23.7 Å². The first-order valence-corrected chi connectivity index (χ1v) is 5.85. The van der Waals surface area contributed by atoms with Crippen LogP contribution in [-0.2, 0) is 16.1 Å². The third-order valence-corrected chi connectivity index (χ3v) is 2.94. The van der Waals surface area contributed by atoms with E-state index in [4.69, 9.17) is 16.3 Å². The normalized spacial score (nSPS) is 23.6. The van der Waals surface area contributed by atoms with Crippen LogP contribution in [0.1, 0.15) is 12.0 Å². The van der Waals surface area contributed by atoms with Crippen LogP contribution < -0.4 is 5.32 Å². The van der Waals surface area contributed by atoms with Crippen molar-refractivity contribution in [2.24, 2.45) is 0 Å². The number of carbonyl (C=O) groups excluding carboxylic acids is 1. The summed E-state index contributed by atoms with van der Waals surface area (Å²) in [4.78, 5) is 11.6. The van der Waals surface area contributed by atoms with Crippen molar-refractivity contribution in [2.75, 3.05) is 6.54 Å². The lowest BCUT2D eigenvalue weighted by Crippen LogP contribution is -2.32. The van der Waals surface area contributed by atoms with E-state index in [9.17, 15) is 9.90 Å². The van der Waals surface area contributed by atoms with Crippen molar-refractivity contribution in [1.82, 2.24) is 5.32 Å². The summed E-state index contributed by atoms with van der Waals surface area (Å²) in [5.74, 6) is -0.323. The molecule has 0 spiro atoms. The fourth-order valence-corrected chi connectivity index (χ4v) is 1.86. The van der Waals surface area contributed by atoms with Gasteiger partial charge in [0, 0.05) is 18.0 Å². The molecule has 1 aliphatic rings. The van der Waals surface area contributed by atoms with Crippen LogP contribution >= 0.6 is 11.6 Å². The van der Waals surface area contributed by atoms with E-state index in [1.165, 1.54) is 0 Å². The van der Waals surface area contributed by atoms with Crippen molar-refractivity contribution < 1.29 is 14.6 Å². The fourth-order valence-electron chi connectivity index (χ4n) is 1.73. The van der Waals surface area contributed by atoms with Crippen molar-refractivity contribution in [1.29, 1.82) is 0 Å². The summed E-state index contributed by atoms with van der Waals surface area (Å²) in [7, 11) is 0. The van der Waals surface area contributed by atoms with Gasteiger partial charge in [0.1, 0.15) is 12.6 Å². The van der Waals surface area contributed by atoms with E-state index in [1.807, 2.05) is 12.1 Å². The number of ether oxygens (including phenoxy) is 1. The molecule has 2 rings (SSSR count). The summed E-state index contributed by atoms with van der Waals surface area (Å²) in [6.07, 6.45) is -0.0394. The number of β-amino-alcohol motifs (C(OH)–C–C–N with tert-alkyl or cyclic N) is 1. The highest BCUT2D eigenvalue weighted by Gasteiger charge is 2.29. The van der Waals surface area contributed by atoms with E-state index in [0.29, 0.717) is 18.0 Å². The van der Waals surface area contributed by atoms with E-state index in [0.717, 1.165) is 5.56 Å². The Kier molecular flexibility index (Phi) is 3.99. The summed E-state index contributed by atoms with van der Waals surface area (Å²) < 4.78 is 5.14. The predicted molar refractivity (Wildman–Crippen MR) is 63.7 cm³/mol. The zero-order valence-electron chi connectivity index (χ0n) is 9.23. The number of benzene rings is 1. The highest BCUT2D eigenvalue weighted by atomic mass is 35.5. The van der Waals surface area contributed by atoms with Gasteiger partial charge in [-0.3, -0.25) is 4.79 Å². The molecular weight excluding hydrogens is 242 g/mol.